The van der Waals surface area contributed by atoms with Crippen LogP contribution >= 0.6 is 0 Å². The lowest BCUT2D eigenvalue weighted by atomic mass is 10.2. The number of nitrogens with one attached hydrogen (secondary N) is 1. The summed E-state index contributed by atoms with van der Waals surface area (Å²) >= 11 is 0. The Balaban J connectivity index is 1.92. The molecule has 1 amide bonds. The molecule has 154 valence electrons. The van der Waals surface area contributed by atoms with E-state index in [0.29, 0.717) is 18.3 Å². The standard InChI is InChI=1S/C20H22N2O7/c1-13(2)11-28-15-6-4-14(5-7-15)20(24)29-12-19(23)21-17-9-8-16(27-3)10-18(17)22(25)26/h4-10,13H,11-12H2,1-3H3,(H,21,23). The van der Waals surface area contributed by atoms with E-state index >= 15 is 0 Å². The van der Waals surface area contributed by atoms with Crippen molar-refractivity contribution in [1.82, 2.24) is 0 Å². The SMILES string of the molecule is COc1ccc(NC(=O)COC(=O)c2ccc(OCC(C)C)cc2)c([N+](=O)[O-])c1. The van der Waals surface area contributed by atoms with Crippen LogP contribution in [0.4, 0.5) is 11.4 Å². The van der Waals surface area contributed by atoms with Gasteiger partial charge in [0, 0.05) is 0 Å². The van der Waals surface area contributed by atoms with Gasteiger partial charge in [-0.1, -0.05) is 13.8 Å². The van der Waals surface area contributed by atoms with Gasteiger partial charge in [0.1, 0.15) is 17.2 Å². The van der Waals surface area contributed by atoms with E-state index in [4.69, 9.17) is 14.2 Å². The van der Waals surface area contributed by atoms with Crippen molar-refractivity contribution in [1.29, 1.82) is 0 Å². The summed E-state index contributed by atoms with van der Waals surface area (Å²) in [7, 11) is 1.37. The molecule has 0 fully saturated rings. The highest BCUT2D eigenvalue weighted by Gasteiger charge is 2.18. The number of rotatable bonds is 9. The molecule has 0 atom stereocenters. The fourth-order valence-electron chi connectivity index (χ4n) is 2.25. The van der Waals surface area contributed by atoms with Crippen molar-refractivity contribution >= 4 is 23.3 Å². The number of carbonyl (C=O) groups is 2. The van der Waals surface area contributed by atoms with Gasteiger partial charge in [-0.15, -0.1) is 0 Å². The summed E-state index contributed by atoms with van der Waals surface area (Å²) in [5, 5.41) is 13.5. The number of nitrogens with zero attached hydrogens (tertiary/aromatic N) is 1. The van der Waals surface area contributed by atoms with Gasteiger partial charge >= 0.3 is 5.97 Å². The van der Waals surface area contributed by atoms with Crippen LogP contribution in [-0.2, 0) is 9.53 Å². The van der Waals surface area contributed by atoms with Crippen molar-refractivity contribution in [3.8, 4) is 11.5 Å². The van der Waals surface area contributed by atoms with Gasteiger partial charge in [-0.3, -0.25) is 14.9 Å². The van der Waals surface area contributed by atoms with Gasteiger partial charge in [0.05, 0.1) is 30.3 Å². The van der Waals surface area contributed by atoms with E-state index in [2.05, 4.69) is 5.32 Å². The van der Waals surface area contributed by atoms with Crippen molar-refractivity contribution in [2.75, 3.05) is 25.6 Å². The second-order valence-electron chi connectivity index (χ2n) is 6.49. The zero-order valence-electron chi connectivity index (χ0n) is 16.3. The van der Waals surface area contributed by atoms with Crippen LogP contribution in [0.3, 0.4) is 0 Å². The van der Waals surface area contributed by atoms with E-state index in [1.54, 1.807) is 12.1 Å². The monoisotopic (exact) mass is 402 g/mol. The number of hydrogen-bond acceptors (Lipinski definition) is 7. The summed E-state index contributed by atoms with van der Waals surface area (Å²) < 4.78 is 15.4. The molecule has 2 rings (SSSR count). The number of nitro groups is 1. The molecule has 9 nitrogen and oxygen atoms in total. The average molecular weight is 402 g/mol. The van der Waals surface area contributed by atoms with Gasteiger partial charge in [0.2, 0.25) is 0 Å². The molecule has 0 aliphatic rings. The highest BCUT2D eigenvalue weighted by molar-refractivity contribution is 5.96. The van der Waals surface area contributed by atoms with Gasteiger partial charge in [0.15, 0.2) is 6.61 Å². The first-order valence-electron chi connectivity index (χ1n) is 8.82. The number of nitro benzene ring substituents is 1. The van der Waals surface area contributed by atoms with Crippen molar-refractivity contribution < 1.29 is 28.7 Å². The Morgan fingerprint density at radius 1 is 1.10 bits per heavy atom. The van der Waals surface area contributed by atoms with Crippen molar-refractivity contribution in [3.05, 3.63) is 58.1 Å². The van der Waals surface area contributed by atoms with E-state index in [0.717, 1.165) is 0 Å². The van der Waals surface area contributed by atoms with E-state index in [-0.39, 0.29) is 22.7 Å². The fourth-order valence-corrected chi connectivity index (χ4v) is 2.25. The molecule has 0 saturated carbocycles. The largest absolute Gasteiger partial charge is 0.496 e. The molecule has 0 heterocycles. The molecule has 2 aromatic rings. The maximum Gasteiger partial charge on any atom is 0.338 e. The minimum atomic E-state index is -0.705. The molecule has 2 aromatic carbocycles. The summed E-state index contributed by atoms with van der Waals surface area (Å²) in [4.78, 5) is 34.6. The first-order chi connectivity index (χ1) is 13.8. The number of methoxy groups -OCH3 is 1. The molecule has 0 aliphatic carbocycles. The van der Waals surface area contributed by atoms with Gasteiger partial charge in [-0.2, -0.15) is 0 Å². The van der Waals surface area contributed by atoms with E-state index in [1.165, 1.54) is 37.4 Å². The van der Waals surface area contributed by atoms with E-state index in [9.17, 15) is 19.7 Å². The summed E-state index contributed by atoms with van der Waals surface area (Å²) in [5.41, 5.74) is -0.102. The third-order valence-electron chi connectivity index (χ3n) is 3.68. The highest BCUT2D eigenvalue weighted by atomic mass is 16.6. The van der Waals surface area contributed by atoms with Crippen LogP contribution in [0, 0.1) is 16.0 Å². The molecule has 1 N–H and O–H groups in total. The minimum absolute atomic E-state index is 0.0245. The van der Waals surface area contributed by atoms with Gasteiger partial charge in [-0.05, 0) is 42.3 Å². The third-order valence-corrected chi connectivity index (χ3v) is 3.68. The quantitative estimate of drug-likeness (QED) is 0.388. The number of anilines is 1. The van der Waals surface area contributed by atoms with Crippen molar-refractivity contribution in [2.24, 2.45) is 5.92 Å². The second kappa shape index (κ2) is 10.1. The lowest BCUT2D eigenvalue weighted by Gasteiger charge is -2.10. The van der Waals surface area contributed by atoms with Gasteiger partial charge in [-0.25, -0.2) is 4.79 Å². The van der Waals surface area contributed by atoms with Gasteiger partial charge in [0.25, 0.3) is 11.6 Å². The Labute approximate surface area is 167 Å². The van der Waals surface area contributed by atoms with Crippen LogP contribution in [0.25, 0.3) is 0 Å². The van der Waals surface area contributed by atoms with Crippen LogP contribution in [0.2, 0.25) is 0 Å². The van der Waals surface area contributed by atoms with Gasteiger partial charge < -0.3 is 19.5 Å². The highest BCUT2D eigenvalue weighted by Crippen LogP contribution is 2.28. The minimum Gasteiger partial charge on any atom is -0.496 e. The molecule has 0 spiro atoms. The molecule has 0 radical (unpaired) electrons. The second-order valence-corrected chi connectivity index (χ2v) is 6.49. The molecule has 9 heteroatoms. The summed E-state index contributed by atoms with van der Waals surface area (Å²) in [6.45, 7) is 4.02. The molecule has 0 aliphatic heterocycles. The Kier molecular flexibility index (Phi) is 7.53. The molecule has 0 saturated heterocycles. The normalized spacial score (nSPS) is 10.3. The number of esters is 1. The van der Waals surface area contributed by atoms with Crippen LogP contribution in [0.15, 0.2) is 42.5 Å². The summed E-state index contributed by atoms with van der Waals surface area (Å²) in [6, 6.07) is 10.3. The zero-order valence-corrected chi connectivity index (χ0v) is 16.3. The van der Waals surface area contributed by atoms with E-state index < -0.39 is 23.4 Å². The van der Waals surface area contributed by atoms with Crippen LogP contribution in [0.5, 0.6) is 11.5 Å². The Hall–Kier alpha value is -3.62. The third kappa shape index (κ3) is 6.49. The van der Waals surface area contributed by atoms with Crippen LogP contribution in [0.1, 0.15) is 24.2 Å². The number of benzene rings is 2. The summed E-state index contributed by atoms with van der Waals surface area (Å²) in [6.07, 6.45) is 0. The Morgan fingerprint density at radius 2 is 1.76 bits per heavy atom. The number of carbonyl (C=O) groups excluding carboxylic acids is 2. The lowest BCUT2D eigenvalue weighted by Crippen LogP contribution is -2.21. The zero-order chi connectivity index (χ0) is 21.4. The molecule has 0 bridgehead atoms. The first-order valence-corrected chi connectivity index (χ1v) is 8.82. The molecule has 0 aromatic heterocycles. The smallest absolute Gasteiger partial charge is 0.338 e. The van der Waals surface area contributed by atoms with Crippen molar-refractivity contribution in [2.45, 2.75) is 13.8 Å². The summed E-state index contributed by atoms with van der Waals surface area (Å²) in [5.74, 6) is -0.121. The predicted molar refractivity (Wildman–Crippen MR) is 105 cm³/mol. The maximum atomic E-state index is 12.1. The molecular weight excluding hydrogens is 380 g/mol. The lowest BCUT2D eigenvalue weighted by molar-refractivity contribution is -0.384. The number of amides is 1. The fraction of sp³-hybridized carbons (Fsp3) is 0.300. The van der Waals surface area contributed by atoms with Crippen LogP contribution < -0.4 is 14.8 Å². The maximum absolute atomic E-state index is 12.1. The average Bonchev–Trinajstić information content (AvgIpc) is 2.71. The van der Waals surface area contributed by atoms with E-state index in [1.807, 2.05) is 13.8 Å². The van der Waals surface area contributed by atoms with Crippen LogP contribution in [-0.4, -0.2) is 37.1 Å². The predicted octanol–water partition coefficient (Wildman–Crippen LogP) is 3.43. The number of ether oxygens (including phenoxy) is 3. The Morgan fingerprint density at radius 3 is 2.34 bits per heavy atom. The number of hydrogen-bond donors (Lipinski definition) is 1. The molecule has 29 heavy (non-hydrogen) atoms. The van der Waals surface area contributed by atoms with Crippen molar-refractivity contribution in [3.63, 3.8) is 0 Å². The molecular formula is C20H22N2O7. The first kappa shape index (κ1) is 21.7. The topological polar surface area (TPSA) is 117 Å². The molecule has 0 unspecified atom stereocenters. The Bertz CT molecular complexity index is 879.